The second-order valence-electron chi connectivity index (χ2n) is 11.3. The molecule has 1 aliphatic rings. The molecule has 0 aliphatic carbocycles. The summed E-state index contributed by atoms with van der Waals surface area (Å²) in [5, 5.41) is 3.56. The number of nitrogens with zero attached hydrogens (tertiary/aromatic N) is 3. The maximum absolute atomic E-state index is 12.9. The van der Waals surface area contributed by atoms with Crippen molar-refractivity contribution < 1.29 is 23.2 Å². The van der Waals surface area contributed by atoms with E-state index >= 15 is 0 Å². The van der Waals surface area contributed by atoms with Crippen molar-refractivity contribution in [1.82, 2.24) is 14.5 Å². The van der Waals surface area contributed by atoms with Crippen molar-refractivity contribution in [3.8, 4) is 17.3 Å². The summed E-state index contributed by atoms with van der Waals surface area (Å²) >= 11 is 6.11. The zero-order chi connectivity index (χ0) is 29.3. The number of rotatable bonds is 8. The molecule has 0 saturated carbocycles. The molecule has 0 bridgehead atoms. The van der Waals surface area contributed by atoms with E-state index in [0.717, 1.165) is 22.2 Å². The van der Waals surface area contributed by atoms with E-state index in [1.54, 1.807) is 23.0 Å². The van der Waals surface area contributed by atoms with Gasteiger partial charge in [0.1, 0.15) is 6.33 Å². The van der Waals surface area contributed by atoms with E-state index in [-0.39, 0.29) is 17.7 Å². The number of halogens is 1. The Bertz CT molecular complexity index is 1710. The van der Waals surface area contributed by atoms with Gasteiger partial charge in [-0.3, -0.25) is 4.57 Å². The third-order valence-corrected chi connectivity index (χ3v) is 9.38. The molecule has 9 nitrogen and oxygen atoms in total. The van der Waals surface area contributed by atoms with Crippen molar-refractivity contribution in [3.63, 3.8) is 0 Å². The number of hydrogen-bond acceptors (Lipinski definition) is 7. The summed E-state index contributed by atoms with van der Waals surface area (Å²) in [5.74, 6) is 0.425. The minimum atomic E-state index is -3.25. The van der Waals surface area contributed by atoms with Crippen molar-refractivity contribution in [2.75, 3.05) is 18.5 Å². The van der Waals surface area contributed by atoms with Crippen LogP contribution in [-0.4, -0.2) is 38.5 Å². The fourth-order valence-electron chi connectivity index (χ4n) is 4.77. The molecular formula is C31H32ClN4O5P. The molecule has 1 fully saturated rings. The van der Waals surface area contributed by atoms with Gasteiger partial charge in [0.05, 0.1) is 11.0 Å². The van der Waals surface area contributed by atoms with Crippen LogP contribution in [0.4, 0.5) is 5.69 Å². The number of amides is 1. The van der Waals surface area contributed by atoms with E-state index in [9.17, 15) is 9.69 Å². The van der Waals surface area contributed by atoms with Gasteiger partial charge in [-0.05, 0) is 24.3 Å². The normalized spacial score (nSPS) is 16.8. The van der Waals surface area contributed by atoms with E-state index in [4.69, 9.17) is 30.0 Å². The molecule has 2 N–H and O–H groups in total. The summed E-state index contributed by atoms with van der Waals surface area (Å²) in [6.45, 7) is 5.02. The fraction of sp³-hybridized carbons (Fsp3) is 0.258. The van der Waals surface area contributed by atoms with Gasteiger partial charge in [-0.1, -0.05) is 35.9 Å². The van der Waals surface area contributed by atoms with Crippen molar-refractivity contribution in [2.45, 2.75) is 32.9 Å². The molecule has 11 heteroatoms. The van der Waals surface area contributed by atoms with Crippen LogP contribution >= 0.6 is 19.5 Å². The Morgan fingerprint density at radius 3 is 2.50 bits per heavy atom. The van der Waals surface area contributed by atoms with Crippen molar-refractivity contribution in [1.29, 1.82) is 0 Å². The van der Waals surface area contributed by atoms with E-state index in [0.29, 0.717) is 54.0 Å². The second kappa shape index (κ2) is 11.6. The van der Waals surface area contributed by atoms with Crippen LogP contribution in [0.2, 0.25) is 5.02 Å². The van der Waals surface area contributed by atoms with Gasteiger partial charge >= 0.3 is 157 Å². The van der Waals surface area contributed by atoms with Crippen LogP contribution in [0.3, 0.4) is 0 Å². The van der Waals surface area contributed by atoms with Crippen molar-refractivity contribution >= 4 is 42.2 Å². The number of aromatic nitrogens is 3. The molecule has 218 valence electrons. The number of nitrogens with one attached hydrogen (secondary N) is 1. The summed E-state index contributed by atoms with van der Waals surface area (Å²) < 4.78 is 19.5. The Morgan fingerprint density at radius 2 is 1.76 bits per heavy atom. The number of fused-ring (bicyclic) bond motifs is 1. The quantitative estimate of drug-likeness (QED) is 0.184. The fourth-order valence-corrected chi connectivity index (χ4v) is 7.17. The first-order chi connectivity index (χ1) is 20.2. The third-order valence-electron chi connectivity index (χ3n) is 7.08. The average Bonchev–Trinajstić information content (AvgIpc) is 3.60. The first-order valence-corrected chi connectivity index (χ1v) is 16.1. The van der Waals surface area contributed by atoms with Gasteiger partial charge in [0.25, 0.3) is 0 Å². The topological polar surface area (TPSA) is 112 Å². The molecule has 1 amide bonds. The number of carbonyl (C=O) groups is 1. The average molecular weight is 607 g/mol. The van der Waals surface area contributed by atoms with Gasteiger partial charge in [-0.25, -0.2) is 4.98 Å². The van der Waals surface area contributed by atoms with Crippen LogP contribution in [0.15, 0.2) is 83.5 Å². The molecule has 3 aromatic carbocycles. The van der Waals surface area contributed by atoms with E-state index in [1.165, 1.54) is 0 Å². The van der Waals surface area contributed by atoms with Gasteiger partial charge < -0.3 is 0 Å². The second-order valence-corrected chi connectivity index (χ2v) is 14.0. The Labute approximate surface area is 249 Å². The number of carbonyl (C=O) groups excluding carboxylic acids is 1. The van der Waals surface area contributed by atoms with Gasteiger partial charge in [0.2, 0.25) is 0 Å². The van der Waals surface area contributed by atoms with Crippen LogP contribution in [0.25, 0.3) is 28.3 Å². The summed E-state index contributed by atoms with van der Waals surface area (Å²) in [6, 6.07) is 22.8. The molecule has 0 atom stereocenters. The zero-order valence-corrected chi connectivity index (χ0v) is 25.1. The summed E-state index contributed by atoms with van der Waals surface area (Å²) in [6.07, 6.45) is 2.53. The number of benzene rings is 3. The van der Waals surface area contributed by atoms with Crippen LogP contribution in [0.1, 0.15) is 31.6 Å². The maximum atomic E-state index is 12.9. The SMILES string of the molecule is CC1(C)CO[PH](O)(Cc2ccc(NC(=O)CCc3oc(-n4cnc5ccccc54)nc3-c3ccc(Cl)cc3)cc2)OC1. The van der Waals surface area contributed by atoms with Crippen LogP contribution < -0.4 is 5.32 Å². The molecule has 0 spiro atoms. The number of para-hydroxylation sites is 2. The van der Waals surface area contributed by atoms with Crippen LogP contribution in [0, 0.1) is 5.41 Å². The third kappa shape index (κ3) is 6.41. The first-order valence-electron chi connectivity index (χ1n) is 13.7. The molecular weight excluding hydrogens is 575 g/mol. The molecule has 5 aromatic rings. The van der Waals surface area contributed by atoms with Gasteiger partial charge in [0.15, 0.2) is 0 Å². The van der Waals surface area contributed by atoms with Gasteiger partial charge in [0, 0.05) is 5.02 Å². The molecule has 0 unspecified atom stereocenters. The van der Waals surface area contributed by atoms with E-state index in [1.807, 2.05) is 74.5 Å². The number of oxazole rings is 1. The molecule has 0 radical (unpaired) electrons. The summed E-state index contributed by atoms with van der Waals surface area (Å²) in [7, 11) is -3.25. The molecule has 1 saturated heterocycles. The van der Waals surface area contributed by atoms with Gasteiger partial charge in [-0.2, -0.15) is 0 Å². The van der Waals surface area contributed by atoms with Gasteiger partial charge in [-0.15, -0.1) is 0 Å². The minimum absolute atomic E-state index is 0.107. The zero-order valence-electron chi connectivity index (χ0n) is 23.3. The number of imidazole rings is 1. The number of hydrogen-bond donors (Lipinski definition) is 2. The standard InChI is InChI=1S/C31H32ClN4O5P/c1-31(2)18-39-42(38,40-19-31)17-21-7-13-24(14-8-21)34-28(37)16-15-27-29(22-9-11-23(32)12-10-22)35-30(41-27)36-20-33-25-5-3-4-6-26(25)36/h3-14,20,38,42H,15-19H2,1-2H3,(H,34,37). The van der Waals surface area contributed by atoms with E-state index in [2.05, 4.69) is 10.3 Å². The summed E-state index contributed by atoms with van der Waals surface area (Å²) in [4.78, 5) is 32.9. The predicted molar refractivity (Wildman–Crippen MR) is 165 cm³/mol. The predicted octanol–water partition coefficient (Wildman–Crippen LogP) is 6.97. The Morgan fingerprint density at radius 1 is 1.05 bits per heavy atom. The first kappa shape index (κ1) is 28.5. The monoisotopic (exact) mass is 606 g/mol. The van der Waals surface area contributed by atoms with Crippen molar-refractivity contribution in [2.24, 2.45) is 5.41 Å². The van der Waals surface area contributed by atoms with E-state index < -0.39 is 7.94 Å². The Hall–Kier alpha value is -3.59. The molecule has 2 aromatic heterocycles. The summed E-state index contributed by atoms with van der Waals surface area (Å²) in [5.41, 5.74) is 4.62. The van der Waals surface area contributed by atoms with Crippen LogP contribution in [-0.2, 0) is 26.4 Å². The van der Waals surface area contributed by atoms with Crippen LogP contribution in [0.5, 0.6) is 0 Å². The number of aryl methyl sites for hydroxylation is 1. The molecule has 42 heavy (non-hydrogen) atoms. The number of anilines is 1. The Balaban J connectivity index is 1.14. The van der Waals surface area contributed by atoms with Crippen molar-refractivity contribution in [3.05, 3.63) is 95.5 Å². The molecule has 1 aliphatic heterocycles. The molecule has 3 heterocycles. The molecule has 6 rings (SSSR count). The Kier molecular flexibility index (Phi) is 7.87.